The molecule has 1 atom stereocenters. The maximum Gasteiger partial charge on any atom is 0.274 e. The van der Waals surface area contributed by atoms with Crippen molar-refractivity contribution >= 4 is 17.5 Å². The van der Waals surface area contributed by atoms with Crippen molar-refractivity contribution in [2.24, 2.45) is 0 Å². The van der Waals surface area contributed by atoms with Crippen LogP contribution in [-0.2, 0) is 0 Å². The van der Waals surface area contributed by atoms with Gasteiger partial charge in [-0.3, -0.25) is 14.8 Å². The molecule has 0 saturated carbocycles. The van der Waals surface area contributed by atoms with Crippen LogP contribution < -0.4 is 0 Å². The monoisotopic (exact) mass is 460 g/mol. The maximum absolute atomic E-state index is 13.2. The first kappa shape index (κ1) is 23.1. The van der Waals surface area contributed by atoms with Crippen LogP contribution in [0.3, 0.4) is 0 Å². The number of aromatic nitrogens is 2. The molecule has 1 unspecified atom stereocenters. The molecule has 1 N–H and O–H groups in total. The van der Waals surface area contributed by atoms with E-state index >= 15 is 0 Å². The molecule has 1 aliphatic heterocycles. The molecule has 1 fully saturated rings. The minimum absolute atomic E-state index is 0.00144. The maximum atomic E-state index is 13.2. The van der Waals surface area contributed by atoms with E-state index in [9.17, 15) is 4.79 Å². The number of hydrogen-bond donors (Lipinski definition) is 1. The van der Waals surface area contributed by atoms with Crippen molar-refractivity contribution in [1.29, 1.82) is 0 Å². The summed E-state index contributed by atoms with van der Waals surface area (Å²) in [7, 11) is 0. The quantitative estimate of drug-likeness (QED) is 0.545. The number of nitrogens with one attached hydrogen (secondary N) is 1. The molecule has 0 spiro atoms. The highest BCUT2D eigenvalue weighted by Crippen LogP contribution is 2.26. The minimum atomic E-state index is 0.00144. The Morgan fingerprint density at radius 2 is 1.85 bits per heavy atom. The van der Waals surface area contributed by atoms with Crippen molar-refractivity contribution < 1.29 is 4.79 Å². The number of benzene rings is 2. The van der Waals surface area contributed by atoms with Gasteiger partial charge >= 0.3 is 0 Å². The summed E-state index contributed by atoms with van der Waals surface area (Å²) in [6.07, 6.45) is 1.01. The van der Waals surface area contributed by atoms with E-state index in [4.69, 9.17) is 11.6 Å². The fraction of sp³-hybridized carbons (Fsp3) is 0.333. The zero-order chi connectivity index (χ0) is 23.4. The lowest BCUT2D eigenvalue weighted by atomic mass is 10.0. The largest absolute Gasteiger partial charge is 0.336 e. The fourth-order valence-corrected chi connectivity index (χ4v) is 4.65. The van der Waals surface area contributed by atoms with Gasteiger partial charge in [0.15, 0.2) is 5.69 Å². The number of H-pyrrole nitrogens is 1. The van der Waals surface area contributed by atoms with Gasteiger partial charge in [-0.1, -0.05) is 55.5 Å². The van der Waals surface area contributed by atoms with Crippen LogP contribution in [0.25, 0.3) is 11.3 Å². The van der Waals surface area contributed by atoms with E-state index in [1.807, 2.05) is 60.4 Å². The zero-order valence-corrected chi connectivity index (χ0v) is 20.1. The van der Waals surface area contributed by atoms with Crippen LogP contribution in [0.2, 0.25) is 5.02 Å². The predicted molar refractivity (Wildman–Crippen MR) is 133 cm³/mol. The number of carbonyl (C=O) groups is 1. The van der Waals surface area contributed by atoms with Gasteiger partial charge < -0.3 is 4.90 Å². The standard InChI is InChI=1S/C27H29ClN4O/c1-4-31(5-2)24-14-15-32(18-24)27(33)26-19(3)25(29-30-26)22-10-6-8-20(16-22)12-13-21-9-7-11-23(28)17-21/h6-11,16-17,24H,4-5,14-15,18H2,1-3H3,(H,29,30). The van der Waals surface area contributed by atoms with E-state index in [1.54, 1.807) is 0 Å². The van der Waals surface area contributed by atoms with Crippen molar-refractivity contribution in [2.75, 3.05) is 26.2 Å². The van der Waals surface area contributed by atoms with Gasteiger partial charge in [-0.15, -0.1) is 0 Å². The third kappa shape index (κ3) is 5.13. The summed E-state index contributed by atoms with van der Waals surface area (Å²) < 4.78 is 0. The highest BCUT2D eigenvalue weighted by Gasteiger charge is 2.31. The van der Waals surface area contributed by atoms with E-state index in [1.165, 1.54) is 0 Å². The Morgan fingerprint density at radius 3 is 2.55 bits per heavy atom. The molecule has 1 aromatic heterocycles. The van der Waals surface area contributed by atoms with Crippen LogP contribution in [0.4, 0.5) is 0 Å². The molecule has 1 aliphatic rings. The number of amides is 1. The van der Waals surface area contributed by atoms with Gasteiger partial charge in [0.1, 0.15) is 0 Å². The average Bonchev–Trinajstić information content (AvgIpc) is 3.46. The van der Waals surface area contributed by atoms with Crippen molar-refractivity contribution in [2.45, 2.75) is 33.2 Å². The number of hydrogen-bond acceptors (Lipinski definition) is 3. The zero-order valence-electron chi connectivity index (χ0n) is 19.4. The number of aromatic amines is 1. The summed E-state index contributed by atoms with van der Waals surface area (Å²) in [6, 6.07) is 15.9. The van der Waals surface area contributed by atoms with E-state index in [2.05, 4.69) is 40.8 Å². The van der Waals surface area contributed by atoms with Crippen molar-refractivity contribution in [3.63, 3.8) is 0 Å². The first-order valence-corrected chi connectivity index (χ1v) is 11.8. The number of carbonyl (C=O) groups excluding carboxylic acids is 1. The molecule has 0 bridgehead atoms. The summed E-state index contributed by atoms with van der Waals surface area (Å²) in [5.74, 6) is 6.35. The van der Waals surface area contributed by atoms with Gasteiger partial charge in [-0.2, -0.15) is 5.10 Å². The summed E-state index contributed by atoms with van der Waals surface area (Å²) in [6.45, 7) is 9.84. The van der Waals surface area contributed by atoms with Crippen LogP contribution in [0, 0.1) is 18.8 Å². The lowest BCUT2D eigenvalue weighted by Gasteiger charge is -2.26. The number of halogens is 1. The number of nitrogens with zero attached hydrogens (tertiary/aromatic N) is 3. The SMILES string of the molecule is CCN(CC)C1CCN(C(=O)c2n[nH]c(-c3cccc(C#Cc4cccc(Cl)c4)c3)c2C)C1. The van der Waals surface area contributed by atoms with Gasteiger partial charge in [-0.05, 0) is 56.8 Å². The molecule has 0 aliphatic carbocycles. The second kappa shape index (κ2) is 10.2. The first-order valence-electron chi connectivity index (χ1n) is 11.5. The van der Waals surface area contributed by atoms with Gasteiger partial charge in [0, 0.05) is 46.4 Å². The third-order valence-corrected chi connectivity index (χ3v) is 6.55. The van der Waals surface area contributed by atoms with Crippen molar-refractivity contribution in [1.82, 2.24) is 20.0 Å². The van der Waals surface area contributed by atoms with Gasteiger partial charge in [0.05, 0.1) is 5.69 Å². The second-order valence-corrected chi connectivity index (χ2v) is 8.76. The molecule has 1 saturated heterocycles. The molecule has 2 aromatic carbocycles. The summed E-state index contributed by atoms with van der Waals surface area (Å²) in [5, 5.41) is 8.15. The van der Waals surface area contributed by atoms with Gasteiger partial charge in [-0.25, -0.2) is 0 Å². The van der Waals surface area contributed by atoms with E-state index in [0.29, 0.717) is 16.8 Å². The molecule has 6 heteroatoms. The Balaban J connectivity index is 1.53. The highest BCUT2D eigenvalue weighted by molar-refractivity contribution is 6.30. The molecule has 0 radical (unpaired) electrons. The Hall–Kier alpha value is -3.07. The Kier molecular flexibility index (Phi) is 7.17. The Bertz CT molecular complexity index is 1200. The van der Waals surface area contributed by atoms with E-state index in [0.717, 1.165) is 60.5 Å². The van der Waals surface area contributed by atoms with E-state index in [-0.39, 0.29) is 5.91 Å². The molecule has 170 valence electrons. The first-order chi connectivity index (χ1) is 16.0. The molecule has 1 amide bonds. The van der Waals surface area contributed by atoms with E-state index < -0.39 is 0 Å². The van der Waals surface area contributed by atoms with Crippen LogP contribution in [0.1, 0.15) is 47.4 Å². The predicted octanol–water partition coefficient (Wildman–Crippen LogP) is 4.99. The Labute approximate surface area is 200 Å². The summed E-state index contributed by atoms with van der Waals surface area (Å²) in [5.41, 5.74) is 4.93. The van der Waals surface area contributed by atoms with Gasteiger partial charge in [0.2, 0.25) is 0 Å². The molecule has 3 aromatic rings. The summed E-state index contributed by atoms with van der Waals surface area (Å²) >= 11 is 6.05. The van der Waals surface area contributed by atoms with Crippen LogP contribution in [0.15, 0.2) is 48.5 Å². The smallest absolute Gasteiger partial charge is 0.274 e. The molecule has 5 nitrogen and oxygen atoms in total. The molecule has 33 heavy (non-hydrogen) atoms. The lowest BCUT2D eigenvalue weighted by molar-refractivity contribution is 0.0771. The highest BCUT2D eigenvalue weighted by atomic mass is 35.5. The van der Waals surface area contributed by atoms with Crippen LogP contribution in [0.5, 0.6) is 0 Å². The normalized spacial score (nSPS) is 15.5. The summed E-state index contributed by atoms with van der Waals surface area (Å²) in [4.78, 5) is 17.6. The molecule has 4 rings (SSSR count). The Morgan fingerprint density at radius 1 is 1.15 bits per heavy atom. The number of likely N-dealkylation sites (N-methyl/N-ethyl adjacent to an activating group) is 1. The lowest BCUT2D eigenvalue weighted by Crippen LogP contribution is -2.38. The van der Waals surface area contributed by atoms with Crippen LogP contribution in [-0.4, -0.2) is 58.1 Å². The minimum Gasteiger partial charge on any atom is -0.336 e. The van der Waals surface area contributed by atoms with Gasteiger partial charge in [0.25, 0.3) is 5.91 Å². The molecular weight excluding hydrogens is 432 g/mol. The van der Waals surface area contributed by atoms with Crippen LogP contribution >= 0.6 is 11.6 Å². The molecule has 2 heterocycles. The van der Waals surface area contributed by atoms with Crippen molar-refractivity contribution in [3.05, 3.63) is 75.9 Å². The average molecular weight is 461 g/mol. The molecular formula is C27H29ClN4O. The third-order valence-electron chi connectivity index (χ3n) is 6.32. The number of rotatable bonds is 5. The fourth-order valence-electron chi connectivity index (χ4n) is 4.46. The second-order valence-electron chi connectivity index (χ2n) is 8.33. The number of likely N-dealkylation sites (tertiary alicyclic amines) is 1. The topological polar surface area (TPSA) is 52.2 Å². The van der Waals surface area contributed by atoms with Crippen molar-refractivity contribution in [3.8, 4) is 23.1 Å².